The summed E-state index contributed by atoms with van der Waals surface area (Å²) in [6.45, 7) is 3.33. The van der Waals surface area contributed by atoms with Gasteiger partial charge < -0.3 is 10.2 Å². The molecule has 1 fully saturated rings. The van der Waals surface area contributed by atoms with Crippen molar-refractivity contribution in [2.75, 3.05) is 25.5 Å². The highest BCUT2D eigenvalue weighted by Gasteiger charge is 2.27. The Labute approximate surface area is 129 Å². The number of pyridine rings is 1. The first kappa shape index (κ1) is 14.5. The Bertz CT molecular complexity index is 660. The molecule has 0 unspecified atom stereocenters. The maximum Gasteiger partial charge on any atom is 0.257 e. The second-order valence-corrected chi connectivity index (χ2v) is 5.50. The molecule has 1 saturated heterocycles. The monoisotopic (exact) mass is 300 g/mol. The Kier molecular flexibility index (Phi) is 4.04. The molecule has 0 atom stereocenters. The number of hydrogen-bond donors (Lipinski definition) is 2. The fourth-order valence-electron chi connectivity index (χ4n) is 2.83. The Hall–Kier alpha value is -2.44. The van der Waals surface area contributed by atoms with E-state index in [0.717, 1.165) is 37.6 Å². The number of aromatic nitrogens is 4. The molecule has 22 heavy (non-hydrogen) atoms. The van der Waals surface area contributed by atoms with Crippen LogP contribution in [0.5, 0.6) is 0 Å². The van der Waals surface area contributed by atoms with E-state index >= 15 is 0 Å². The lowest BCUT2D eigenvalue weighted by Crippen LogP contribution is -2.38. The SMILES string of the molecule is CNc1ncccc1C(=O)N1CCC(c2n[nH]c(C)n2)CC1. The Morgan fingerprint density at radius 2 is 2.18 bits per heavy atom. The first-order valence-corrected chi connectivity index (χ1v) is 7.50. The van der Waals surface area contributed by atoms with Crippen LogP contribution in [0.4, 0.5) is 5.82 Å². The zero-order chi connectivity index (χ0) is 15.5. The molecule has 1 aliphatic heterocycles. The Balaban J connectivity index is 1.67. The fourth-order valence-corrected chi connectivity index (χ4v) is 2.83. The predicted molar refractivity (Wildman–Crippen MR) is 82.8 cm³/mol. The number of nitrogens with one attached hydrogen (secondary N) is 2. The molecule has 2 aromatic rings. The minimum atomic E-state index is 0.0297. The molecule has 0 radical (unpaired) electrons. The van der Waals surface area contributed by atoms with Crippen molar-refractivity contribution in [1.29, 1.82) is 0 Å². The number of aromatic amines is 1. The first-order valence-electron chi connectivity index (χ1n) is 7.50. The minimum Gasteiger partial charge on any atom is -0.372 e. The topological polar surface area (TPSA) is 86.8 Å². The average molecular weight is 300 g/mol. The van der Waals surface area contributed by atoms with Gasteiger partial charge in [0.15, 0.2) is 5.82 Å². The third kappa shape index (κ3) is 2.79. The number of carbonyl (C=O) groups is 1. The van der Waals surface area contributed by atoms with E-state index in [1.807, 2.05) is 17.9 Å². The minimum absolute atomic E-state index is 0.0297. The van der Waals surface area contributed by atoms with Gasteiger partial charge in [0.05, 0.1) is 5.56 Å². The van der Waals surface area contributed by atoms with Crippen molar-refractivity contribution < 1.29 is 4.79 Å². The maximum atomic E-state index is 12.6. The molecule has 116 valence electrons. The first-order chi connectivity index (χ1) is 10.7. The quantitative estimate of drug-likeness (QED) is 0.898. The number of aryl methyl sites for hydroxylation is 1. The van der Waals surface area contributed by atoms with Crippen LogP contribution in [-0.4, -0.2) is 51.1 Å². The highest BCUT2D eigenvalue weighted by Crippen LogP contribution is 2.27. The summed E-state index contributed by atoms with van der Waals surface area (Å²) in [5.74, 6) is 2.68. The van der Waals surface area contributed by atoms with Crippen molar-refractivity contribution in [3.63, 3.8) is 0 Å². The van der Waals surface area contributed by atoms with E-state index in [9.17, 15) is 4.79 Å². The van der Waals surface area contributed by atoms with Crippen LogP contribution in [-0.2, 0) is 0 Å². The summed E-state index contributed by atoms with van der Waals surface area (Å²) in [5, 5.41) is 10.1. The summed E-state index contributed by atoms with van der Waals surface area (Å²) in [5.41, 5.74) is 0.622. The van der Waals surface area contributed by atoms with Crippen LogP contribution in [0.15, 0.2) is 18.3 Å². The van der Waals surface area contributed by atoms with Crippen molar-refractivity contribution in [2.24, 2.45) is 0 Å². The van der Waals surface area contributed by atoms with Gasteiger partial charge in [-0.05, 0) is 31.9 Å². The largest absolute Gasteiger partial charge is 0.372 e. The smallest absolute Gasteiger partial charge is 0.257 e. The van der Waals surface area contributed by atoms with Gasteiger partial charge in [0.2, 0.25) is 0 Å². The highest BCUT2D eigenvalue weighted by atomic mass is 16.2. The van der Waals surface area contributed by atoms with Gasteiger partial charge in [0.1, 0.15) is 11.6 Å². The van der Waals surface area contributed by atoms with Gasteiger partial charge in [-0.2, -0.15) is 5.10 Å². The van der Waals surface area contributed by atoms with E-state index in [4.69, 9.17) is 0 Å². The predicted octanol–water partition coefficient (Wildman–Crippen LogP) is 1.57. The van der Waals surface area contributed by atoms with Gasteiger partial charge in [-0.3, -0.25) is 9.89 Å². The number of carbonyl (C=O) groups excluding carboxylic acids is 1. The van der Waals surface area contributed by atoms with E-state index < -0.39 is 0 Å². The second-order valence-electron chi connectivity index (χ2n) is 5.50. The molecule has 7 heteroatoms. The number of amides is 1. The molecule has 0 aliphatic carbocycles. The molecule has 0 spiro atoms. The van der Waals surface area contributed by atoms with Gasteiger partial charge in [-0.15, -0.1) is 0 Å². The van der Waals surface area contributed by atoms with Gasteiger partial charge in [0.25, 0.3) is 5.91 Å². The fraction of sp³-hybridized carbons (Fsp3) is 0.467. The zero-order valence-electron chi connectivity index (χ0n) is 12.8. The number of nitrogens with zero attached hydrogens (tertiary/aromatic N) is 4. The molecule has 2 N–H and O–H groups in total. The van der Waals surface area contributed by atoms with Crippen LogP contribution >= 0.6 is 0 Å². The van der Waals surface area contributed by atoms with Crippen LogP contribution in [0.3, 0.4) is 0 Å². The molecule has 1 amide bonds. The third-order valence-corrected chi connectivity index (χ3v) is 4.04. The van der Waals surface area contributed by atoms with E-state index in [1.165, 1.54) is 0 Å². The lowest BCUT2D eigenvalue weighted by molar-refractivity contribution is 0.0712. The number of likely N-dealkylation sites (tertiary alicyclic amines) is 1. The summed E-state index contributed by atoms with van der Waals surface area (Å²) >= 11 is 0. The number of H-pyrrole nitrogens is 1. The van der Waals surface area contributed by atoms with E-state index in [2.05, 4.69) is 25.5 Å². The van der Waals surface area contributed by atoms with Crippen molar-refractivity contribution in [3.8, 4) is 0 Å². The molecular weight excluding hydrogens is 280 g/mol. The second kappa shape index (κ2) is 6.13. The molecule has 0 aromatic carbocycles. The van der Waals surface area contributed by atoms with E-state index in [-0.39, 0.29) is 5.91 Å². The highest BCUT2D eigenvalue weighted by molar-refractivity contribution is 5.98. The van der Waals surface area contributed by atoms with Gasteiger partial charge >= 0.3 is 0 Å². The summed E-state index contributed by atoms with van der Waals surface area (Å²) in [6, 6.07) is 3.60. The zero-order valence-corrected chi connectivity index (χ0v) is 12.8. The number of rotatable bonds is 3. The van der Waals surface area contributed by atoms with Gasteiger partial charge in [-0.25, -0.2) is 9.97 Å². The summed E-state index contributed by atoms with van der Waals surface area (Å²) in [4.78, 5) is 23.1. The van der Waals surface area contributed by atoms with Crippen molar-refractivity contribution in [2.45, 2.75) is 25.7 Å². The average Bonchev–Trinajstić information content (AvgIpc) is 3.01. The molecule has 3 rings (SSSR count). The van der Waals surface area contributed by atoms with Crippen LogP contribution in [0.25, 0.3) is 0 Å². The van der Waals surface area contributed by atoms with Crippen LogP contribution in [0.2, 0.25) is 0 Å². The lowest BCUT2D eigenvalue weighted by atomic mass is 9.95. The molecule has 0 bridgehead atoms. The Morgan fingerprint density at radius 1 is 1.41 bits per heavy atom. The normalized spacial score (nSPS) is 15.8. The maximum absolute atomic E-state index is 12.6. The molecular formula is C15H20N6O. The molecule has 2 aromatic heterocycles. The van der Waals surface area contributed by atoms with Crippen LogP contribution in [0.1, 0.15) is 40.8 Å². The van der Waals surface area contributed by atoms with Crippen molar-refractivity contribution in [1.82, 2.24) is 25.1 Å². The number of piperidine rings is 1. The summed E-state index contributed by atoms with van der Waals surface area (Å²) < 4.78 is 0. The summed E-state index contributed by atoms with van der Waals surface area (Å²) in [7, 11) is 1.77. The van der Waals surface area contributed by atoms with E-state index in [1.54, 1.807) is 19.3 Å². The summed E-state index contributed by atoms with van der Waals surface area (Å²) in [6.07, 6.45) is 3.46. The van der Waals surface area contributed by atoms with Crippen molar-refractivity contribution in [3.05, 3.63) is 35.5 Å². The Morgan fingerprint density at radius 3 is 2.82 bits per heavy atom. The lowest BCUT2D eigenvalue weighted by Gasteiger charge is -2.31. The molecule has 0 saturated carbocycles. The van der Waals surface area contributed by atoms with E-state index in [0.29, 0.717) is 17.3 Å². The van der Waals surface area contributed by atoms with Crippen molar-refractivity contribution >= 4 is 11.7 Å². The third-order valence-electron chi connectivity index (χ3n) is 4.04. The molecule has 3 heterocycles. The van der Waals surface area contributed by atoms with Crippen LogP contribution < -0.4 is 5.32 Å². The van der Waals surface area contributed by atoms with Gasteiger partial charge in [-0.1, -0.05) is 0 Å². The molecule has 7 nitrogen and oxygen atoms in total. The van der Waals surface area contributed by atoms with Gasteiger partial charge in [0, 0.05) is 32.3 Å². The molecule has 1 aliphatic rings. The number of hydrogen-bond acceptors (Lipinski definition) is 5. The standard InChI is InChI=1S/C15H20N6O/c1-10-18-13(20-19-10)11-5-8-21(9-6-11)15(22)12-4-3-7-17-14(12)16-2/h3-4,7,11H,5-6,8-9H2,1-2H3,(H,16,17)(H,18,19,20). The number of anilines is 1. The van der Waals surface area contributed by atoms with Crippen LogP contribution in [0, 0.1) is 6.92 Å².